The van der Waals surface area contributed by atoms with Crippen molar-refractivity contribution in [2.45, 2.75) is 32.3 Å². The zero-order valence-electron chi connectivity index (χ0n) is 9.49. The summed E-state index contributed by atoms with van der Waals surface area (Å²) in [7, 11) is 0. The van der Waals surface area contributed by atoms with Gasteiger partial charge in [-0.05, 0) is 49.9 Å². The van der Waals surface area contributed by atoms with E-state index in [2.05, 4.69) is 18.7 Å². The number of hydrogen-bond donors (Lipinski definition) is 0. The second-order valence-electron chi connectivity index (χ2n) is 5.61. The Balaban J connectivity index is 1.65. The normalized spacial score (nSPS) is 46.1. The Morgan fingerprint density at radius 3 is 3.07 bits per heavy atom. The Morgan fingerprint density at radius 1 is 1.40 bits per heavy atom. The van der Waals surface area contributed by atoms with E-state index in [1.807, 2.05) is 6.92 Å². The number of hydrogen-bond acceptors (Lipinski definition) is 1. The molecule has 15 heavy (non-hydrogen) atoms. The summed E-state index contributed by atoms with van der Waals surface area (Å²) in [5, 5.41) is 0. The molecule has 5 atom stereocenters. The van der Waals surface area contributed by atoms with Crippen LogP contribution in [-0.4, -0.2) is 12.7 Å². The molecule has 82 valence electrons. The predicted octanol–water partition coefficient (Wildman–Crippen LogP) is 3.18. The van der Waals surface area contributed by atoms with Crippen molar-refractivity contribution in [2.75, 3.05) is 6.61 Å². The molecule has 0 aliphatic heterocycles. The molecular formula is C14H20O. The second-order valence-corrected chi connectivity index (χ2v) is 5.61. The number of fused-ring (bicyclic) bond motifs is 5. The highest BCUT2D eigenvalue weighted by molar-refractivity contribution is 5.14. The SMILES string of the molecule is C=C(C)COC1CC2CC1C1C=CCC21. The summed E-state index contributed by atoms with van der Waals surface area (Å²) in [5.41, 5.74) is 1.15. The molecule has 0 heterocycles. The Morgan fingerprint density at radius 2 is 2.27 bits per heavy atom. The van der Waals surface area contributed by atoms with Crippen LogP contribution in [-0.2, 0) is 4.74 Å². The van der Waals surface area contributed by atoms with E-state index in [0.29, 0.717) is 6.10 Å². The summed E-state index contributed by atoms with van der Waals surface area (Å²) in [4.78, 5) is 0. The van der Waals surface area contributed by atoms with Crippen LogP contribution in [0.3, 0.4) is 0 Å². The van der Waals surface area contributed by atoms with Gasteiger partial charge in [-0.2, -0.15) is 0 Å². The minimum Gasteiger partial charge on any atom is -0.374 e. The average Bonchev–Trinajstić information content (AvgIpc) is 2.86. The lowest BCUT2D eigenvalue weighted by molar-refractivity contribution is 0.00736. The monoisotopic (exact) mass is 204 g/mol. The lowest BCUT2D eigenvalue weighted by atomic mass is 9.80. The summed E-state index contributed by atoms with van der Waals surface area (Å²) >= 11 is 0. The quantitative estimate of drug-likeness (QED) is 0.642. The molecule has 0 aromatic rings. The van der Waals surface area contributed by atoms with Gasteiger partial charge in [0.1, 0.15) is 0 Å². The predicted molar refractivity (Wildman–Crippen MR) is 61.5 cm³/mol. The van der Waals surface area contributed by atoms with Gasteiger partial charge in [0.15, 0.2) is 0 Å². The summed E-state index contributed by atoms with van der Waals surface area (Å²) < 4.78 is 5.97. The van der Waals surface area contributed by atoms with E-state index >= 15 is 0 Å². The van der Waals surface area contributed by atoms with E-state index in [1.54, 1.807) is 0 Å². The van der Waals surface area contributed by atoms with Gasteiger partial charge in [-0.15, -0.1) is 0 Å². The second kappa shape index (κ2) is 3.48. The lowest BCUT2D eigenvalue weighted by Crippen LogP contribution is -2.30. The Hall–Kier alpha value is -0.560. The standard InChI is InChI=1S/C14H20O/c1-9(2)8-15-14-7-10-6-13(14)12-5-3-4-11(10)12/h3,5,10-14H,1,4,6-8H2,2H3. The zero-order chi connectivity index (χ0) is 10.4. The molecule has 3 rings (SSSR count). The van der Waals surface area contributed by atoms with E-state index < -0.39 is 0 Å². The molecule has 0 aromatic carbocycles. The smallest absolute Gasteiger partial charge is 0.0675 e. The molecule has 1 heteroatoms. The highest BCUT2D eigenvalue weighted by atomic mass is 16.5. The van der Waals surface area contributed by atoms with Crippen molar-refractivity contribution < 1.29 is 4.74 Å². The van der Waals surface area contributed by atoms with Crippen LogP contribution < -0.4 is 0 Å². The van der Waals surface area contributed by atoms with Crippen molar-refractivity contribution >= 4 is 0 Å². The molecular weight excluding hydrogens is 184 g/mol. The van der Waals surface area contributed by atoms with Crippen LogP contribution in [0.15, 0.2) is 24.3 Å². The van der Waals surface area contributed by atoms with Gasteiger partial charge in [-0.1, -0.05) is 24.3 Å². The Labute approximate surface area is 92.2 Å². The van der Waals surface area contributed by atoms with Gasteiger partial charge in [-0.25, -0.2) is 0 Å². The number of rotatable bonds is 3. The molecule has 3 aliphatic carbocycles. The van der Waals surface area contributed by atoms with Crippen LogP contribution in [0.4, 0.5) is 0 Å². The molecule has 0 aromatic heterocycles. The highest BCUT2D eigenvalue weighted by Crippen LogP contribution is 2.57. The Kier molecular flexibility index (Phi) is 2.24. The molecule has 1 nitrogen and oxygen atoms in total. The maximum atomic E-state index is 5.97. The topological polar surface area (TPSA) is 9.23 Å². The van der Waals surface area contributed by atoms with Gasteiger partial charge in [0.2, 0.25) is 0 Å². The fourth-order valence-electron chi connectivity index (χ4n) is 3.93. The van der Waals surface area contributed by atoms with E-state index in [0.717, 1.165) is 35.9 Å². The highest BCUT2D eigenvalue weighted by Gasteiger charge is 2.52. The van der Waals surface area contributed by atoms with Crippen molar-refractivity contribution in [3.05, 3.63) is 24.3 Å². The fourth-order valence-corrected chi connectivity index (χ4v) is 3.93. The van der Waals surface area contributed by atoms with Crippen molar-refractivity contribution in [1.29, 1.82) is 0 Å². The largest absolute Gasteiger partial charge is 0.374 e. The molecule has 3 aliphatic rings. The fraction of sp³-hybridized carbons (Fsp3) is 0.714. The van der Waals surface area contributed by atoms with E-state index in [9.17, 15) is 0 Å². The van der Waals surface area contributed by atoms with Crippen LogP contribution in [0.1, 0.15) is 26.2 Å². The molecule has 0 saturated heterocycles. The molecule has 2 bridgehead atoms. The first-order chi connectivity index (χ1) is 7.25. The number of allylic oxidation sites excluding steroid dienone is 2. The minimum atomic E-state index is 0.524. The maximum Gasteiger partial charge on any atom is 0.0675 e. The van der Waals surface area contributed by atoms with Crippen LogP contribution in [0.2, 0.25) is 0 Å². The first kappa shape index (κ1) is 9.65. The van der Waals surface area contributed by atoms with Crippen molar-refractivity contribution in [2.24, 2.45) is 23.7 Å². The molecule has 0 N–H and O–H groups in total. The van der Waals surface area contributed by atoms with Crippen molar-refractivity contribution in [1.82, 2.24) is 0 Å². The van der Waals surface area contributed by atoms with Crippen molar-refractivity contribution in [3.8, 4) is 0 Å². The van der Waals surface area contributed by atoms with Gasteiger partial charge in [0, 0.05) is 0 Å². The molecule has 0 amide bonds. The van der Waals surface area contributed by atoms with Crippen LogP contribution in [0, 0.1) is 23.7 Å². The summed E-state index contributed by atoms with van der Waals surface area (Å²) in [6, 6.07) is 0. The Bertz CT molecular complexity index is 304. The average molecular weight is 204 g/mol. The third-order valence-corrected chi connectivity index (χ3v) is 4.49. The molecule has 5 unspecified atom stereocenters. The lowest BCUT2D eigenvalue weighted by Gasteiger charge is -2.31. The molecule has 0 spiro atoms. The third kappa shape index (κ3) is 1.48. The van der Waals surface area contributed by atoms with E-state index in [4.69, 9.17) is 4.74 Å². The van der Waals surface area contributed by atoms with E-state index in [-0.39, 0.29) is 0 Å². The first-order valence-electron chi connectivity index (χ1n) is 6.18. The zero-order valence-corrected chi connectivity index (χ0v) is 9.49. The summed E-state index contributed by atoms with van der Waals surface area (Å²) in [5.74, 6) is 3.58. The molecule has 2 saturated carbocycles. The molecule has 0 radical (unpaired) electrons. The van der Waals surface area contributed by atoms with Gasteiger partial charge < -0.3 is 4.74 Å². The van der Waals surface area contributed by atoms with Gasteiger partial charge in [-0.3, -0.25) is 0 Å². The van der Waals surface area contributed by atoms with Crippen LogP contribution >= 0.6 is 0 Å². The number of ether oxygens (including phenoxy) is 1. The van der Waals surface area contributed by atoms with Gasteiger partial charge in [0.25, 0.3) is 0 Å². The van der Waals surface area contributed by atoms with Crippen molar-refractivity contribution in [3.63, 3.8) is 0 Å². The van der Waals surface area contributed by atoms with Gasteiger partial charge >= 0.3 is 0 Å². The van der Waals surface area contributed by atoms with E-state index in [1.165, 1.54) is 19.3 Å². The summed E-state index contributed by atoms with van der Waals surface area (Å²) in [6.07, 6.45) is 9.41. The summed E-state index contributed by atoms with van der Waals surface area (Å²) in [6.45, 7) is 6.71. The van der Waals surface area contributed by atoms with Crippen LogP contribution in [0.5, 0.6) is 0 Å². The van der Waals surface area contributed by atoms with Gasteiger partial charge in [0.05, 0.1) is 12.7 Å². The van der Waals surface area contributed by atoms with Crippen LogP contribution in [0.25, 0.3) is 0 Å². The minimum absolute atomic E-state index is 0.524. The third-order valence-electron chi connectivity index (χ3n) is 4.49. The molecule has 2 fully saturated rings. The first-order valence-corrected chi connectivity index (χ1v) is 6.18. The maximum absolute atomic E-state index is 5.97.